The summed E-state index contributed by atoms with van der Waals surface area (Å²) in [7, 11) is 0. The molecule has 1 aliphatic heterocycles. The lowest BCUT2D eigenvalue weighted by atomic mass is 10.2. The van der Waals surface area contributed by atoms with Crippen LogP contribution in [-0.4, -0.2) is 45.4 Å². The highest BCUT2D eigenvalue weighted by molar-refractivity contribution is 7.13. The van der Waals surface area contributed by atoms with Crippen molar-refractivity contribution >= 4 is 28.2 Å². The van der Waals surface area contributed by atoms with Crippen LogP contribution in [0.2, 0.25) is 0 Å². The van der Waals surface area contributed by atoms with Crippen molar-refractivity contribution in [3.8, 4) is 0 Å². The summed E-state index contributed by atoms with van der Waals surface area (Å²) in [6.45, 7) is 2.37. The molecule has 3 rings (SSSR count). The average Bonchev–Trinajstić information content (AvgIpc) is 3.23. The van der Waals surface area contributed by atoms with Gasteiger partial charge in [-0.05, 0) is 25.7 Å². The summed E-state index contributed by atoms with van der Waals surface area (Å²) in [6.07, 6.45) is 7.08. The topological polar surface area (TPSA) is 97.0 Å². The molecule has 1 amide bonds. The Hall–Kier alpha value is -2.22. The van der Waals surface area contributed by atoms with Crippen LogP contribution in [0.1, 0.15) is 35.4 Å². The van der Waals surface area contributed by atoms with Crippen LogP contribution >= 0.6 is 11.3 Å². The second-order valence-corrected chi connectivity index (χ2v) is 6.39. The number of nitrogen functional groups attached to an aromatic ring is 1. The maximum absolute atomic E-state index is 12.3. The number of aryl methyl sites for hydroxylation is 1. The lowest BCUT2D eigenvalue weighted by Gasteiger charge is -2.14. The SMILES string of the molecule is Nc1nc(CCCNc2cncc(C(=O)N3CCCC3)n2)cs1. The number of nitrogens with two attached hydrogens (primary N) is 1. The molecule has 0 unspecified atom stereocenters. The summed E-state index contributed by atoms with van der Waals surface area (Å²) >= 11 is 1.46. The number of hydrogen-bond acceptors (Lipinski definition) is 7. The summed E-state index contributed by atoms with van der Waals surface area (Å²) in [5.41, 5.74) is 7.03. The number of rotatable bonds is 6. The fourth-order valence-electron chi connectivity index (χ4n) is 2.56. The minimum absolute atomic E-state index is 0.0309. The zero-order valence-electron chi connectivity index (χ0n) is 12.9. The molecule has 8 heteroatoms. The maximum Gasteiger partial charge on any atom is 0.274 e. The Bertz CT molecular complexity index is 667. The number of likely N-dealkylation sites (tertiary alicyclic amines) is 1. The van der Waals surface area contributed by atoms with Crippen molar-refractivity contribution in [3.63, 3.8) is 0 Å². The van der Waals surface area contributed by atoms with Crippen LogP contribution in [0.25, 0.3) is 0 Å². The molecule has 1 fully saturated rings. The normalized spacial score (nSPS) is 14.2. The molecular weight excluding hydrogens is 312 g/mol. The van der Waals surface area contributed by atoms with Gasteiger partial charge in [0.2, 0.25) is 0 Å². The third-order valence-electron chi connectivity index (χ3n) is 3.73. The minimum Gasteiger partial charge on any atom is -0.375 e. The molecule has 1 aliphatic rings. The molecular formula is C15H20N6OS. The molecule has 0 aromatic carbocycles. The molecule has 0 aliphatic carbocycles. The van der Waals surface area contributed by atoms with E-state index in [0.717, 1.165) is 51.0 Å². The molecule has 3 heterocycles. The average molecular weight is 332 g/mol. The van der Waals surface area contributed by atoms with E-state index < -0.39 is 0 Å². The van der Waals surface area contributed by atoms with Gasteiger partial charge in [-0.3, -0.25) is 9.78 Å². The van der Waals surface area contributed by atoms with E-state index >= 15 is 0 Å². The van der Waals surface area contributed by atoms with Gasteiger partial charge in [0.25, 0.3) is 5.91 Å². The largest absolute Gasteiger partial charge is 0.375 e. The number of aromatic nitrogens is 3. The molecule has 2 aromatic rings. The number of carbonyl (C=O) groups excluding carboxylic acids is 1. The lowest BCUT2D eigenvalue weighted by molar-refractivity contribution is 0.0786. The van der Waals surface area contributed by atoms with E-state index in [1.54, 1.807) is 6.20 Å². The van der Waals surface area contributed by atoms with E-state index in [1.165, 1.54) is 17.5 Å². The van der Waals surface area contributed by atoms with Crippen molar-refractivity contribution in [3.05, 3.63) is 29.2 Å². The van der Waals surface area contributed by atoms with Gasteiger partial charge in [-0.15, -0.1) is 11.3 Å². The zero-order chi connectivity index (χ0) is 16.1. The van der Waals surface area contributed by atoms with Gasteiger partial charge in [0, 0.05) is 25.0 Å². The lowest BCUT2D eigenvalue weighted by Crippen LogP contribution is -2.28. The Morgan fingerprint density at radius 2 is 2.13 bits per heavy atom. The molecule has 7 nitrogen and oxygen atoms in total. The van der Waals surface area contributed by atoms with E-state index in [0.29, 0.717) is 16.6 Å². The van der Waals surface area contributed by atoms with Crippen LogP contribution in [0.3, 0.4) is 0 Å². The number of nitrogens with zero attached hydrogens (tertiary/aromatic N) is 4. The predicted molar refractivity (Wildman–Crippen MR) is 90.5 cm³/mol. The molecule has 122 valence electrons. The molecule has 0 radical (unpaired) electrons. The number of anilines is 2. The summed E-state index contributed by atoms with van der Waals surface area (Å²) in [5, 5.41) is 5.79. The van der Waals surface area contributed by atoms with Crippen LogP contribution in [-0.2, 0) is 6.42 Å². The van der Waals surface area contributed by atoms with Crippen molar-refractivity contribution in [2.75, 3.05) is 30.7 Å². The third kappa shape index (κ3) is 4.16. The summed E-state index contributed by atoms with van der Waals surface area (Å²) in [5.74, 6) is 0.601. The smallest absolute Gasteiger partial charge is 0.274 e. The first-order chi connectivity index (χ1) is 11.2. The first-order valence-corrected chi connectivity index (χ1v) is 8.65. The van der Waals surface area contributed by atoms with E-state index in [9.17, 15) is 4.79 Å². The molecule has 0 spiro atoms. The highest BCUT2D eigenvalue weighted by Crippen LogP contribution is 2.14. The first-order valence-electron chi connectivity index (χ1n) is 7.77. The van der Waals surface area contributed by atoms with Crippen molar-refractivity contribution < 1.29 is 4.79 Å². The Morgan fingerprint density at radius 3 is 2.87 bits per heavy atom. The number of thiazole rings is 1. The first kappa shape index (κ1) is 15.7. The van der Waals surface area contributed by atoms with Crippen molar-refractivity contribution in [1.82, 2.24) is 19.9 Å². The van der Waals surface area contributed by atoms with E-state index in [4.69, 9.17) is 5.73 Å². The molecule has 0 atom stereocenters. The van der Waals surface area contributed by atoms with Gasteiger partial charge in [0.1, 0.15) is 11.5 Å². The van der Waals surface area contributed by atoms with E-state index in [-0.39, 0.29) is 5.91 Å². The standard InChI is InChI=1S/C15H20N6OS/c16-15-19-11(10-23-15)4-3-5-18-13-9-17-8-12(20-13)14(22)21-6-1-2-7-21/h8-10H,1-7H2,(H2,16,19)(H,18,20). The Kier molecular flexibility index (Phi) is 5.02. The third-order valence-corrected chi connectivity index (χ3v) is 4.45. The number of amides is 1. The number of carbonyl (C=O) groups is 1. The molecule has 1 saturated heterocycles. The van der Waals surface area contributed by atoms with Crippen molar-refractivity contribution in [2.24, 2.45) is 0 Å². The predicted octanol–water partition coefficient (Wildman–Crippen LogP) is 1.80. The molecule has 0 saturated carbocycles. The Morgan fingerprint density at radius 1 is 1.30 bits per heavy atom. The second kappa shape index (κ2) is 7.36. The van der Waals surface area contributed by atoms with Gasteiger partial charge in [-0.25, -0.2) is 9.97 Å². The van der Waals surface area contributed by atoms with E-state index in [2.05, 4.69) is 20.3 Å². The summed E-state index contributed by atoms with van der Waals surface area (Å²) < 4.78 is 0. The van der Waals surface area contributed by atoms with Crippen LogP contribution in [0.15, 0.2) is 17.8 Å². The van der Waals surface area contributed by atoms with Crippen molar-refractivity contribution in [1.29, 1.82) is 0 Å². The Balaban J connectivity index is 1.50. The van der Waals surface area contributed by atoms with Crippen molar-refractivity contribution in [2.45, 2.75) is 25.7 Å². The van der Waals surface area contributed by atoms with Gasteiger partial charge < -0.3 is 16.0 Å². The second-order valence-electron chi connectivity index (χ2n) is 5.50. The van der Waals surface area contributed by atoms with Gasteiger partial charge in [-0.2, -0.15) is 0 Å². The van der Waals surface area contributed by atoms with Crippen LogP contribution in [0.5, 0.6) is 0 Å². The number of hydrogen-bond donors (Lipinski definition) is 2. The molecule has 2 aromatic heterocycles. The minimum atomic E-state index is -0.0309. The quantitative estimate of drug-likeness (QED) is 0.783. The highest BCUT2D eigenvalue weighted by Gasteiger charge is 2.20. The zero-order valence-corrected chi connectivity index (χ0v) is 13.7. The maximum atomic E-state index is 12.3. The summed E-state index contributed by atoms with van der Waals surface area (Å²) in [6, 6.07) is 0. The number of nitrogens with one attached hydrogen (secondary N) is 1. The van der Waals surface area contributed by atoms with Crippen LogP contribution in [0.4, 0.5) is 10.9 Å². The van der Waals surface area contributed by atoms with Gasteiger partial charge >= 0.3 is 0 Å². The van der Waals surface area contributed by atoms with E-state index in [1.807, 2.05) is 10.3 Å². The summed E-state index contributed by atoms with van der Waals surface area (Å²) in [4.78, 5) is 26.8. The van der Waals surface area contributed by atoms with Crippen LogP contribution < -0.4 is 11.1 Å². The highest BCUT2D eigenvalue weighted by atomic mass is 32.1. The van der Waals surface area contributed by atoms with Gasteiger partial charge in [0.15, 0.2) is 5.13 Å². The van der Waals surface area contributed by atoms with Crippen LogP contribution in [0, 0.1) is 0 Å². The Labute approximate surface area is 139 Å². The monoisotopic (exact) mass is 332 g/mol. The molecule has 23 heavy (non-hydrogen) atoms. The fourth-order valence-corrected chi connectivity index (χ4v) is 3.16. The molecule has 0 bridgehead atoms. The fraction of sp³-hybridized carbons (Fsp3) is 0.467. The molecule has 3 N–H and O–H groups in total. The van der Waals surface area contributed by atoms with Gasteiger partial charge in [-0.1, -0.05) is 0 Å². The van der Waals surface area contributed by atoms with Gasteiger partial charge in [0.05, 0.1) is 18.1 Å².